The second-order valence-electron chi connectivity index (χ2n) is 7.25. The number of fused-ring (bicyclic) bond motifs is 1. The van der Waals surface area contributed by atoms with E-state index in [0.717, 1.165) is 23.8 Å². The van der Waals surface area contributed by atoms with Crippen LogP contribution in [0.15, 0.2) is 11.0 Å². The highest BCUT2D eigenvalue weighted by atomic mass is 31.2. The first-order valence-corrected chi connectivity index (χ1v) is 11.2. The standard InChI is InChI=1S/C17H28N3O7P/c1-2-3-4-5-6-7-8-11-9-20(17(22)19-15(11)18)16-13(21)14-12(26-16)10-25-28(23,24)27-14/h9,12-14,16,21H,2-8,10H2,1H3,(H,23,24)(H2,18,19,22)/t12-,13-,14-,16-/m1/s1. The number of phosphoric ester groups is 1. The van der Waals surface area contributed by atoms with Crippen molar-refractivity contribution in [2.75, 3.05) is 12.3 Å². The zero-order valence-electron chi connectivity index (χ0n) is 15.9. The number of aryl methyl sites for hydroxylation is 1. The van der Waals surface area contributed by atoms with E-state index in [-0.39, 0.29) is 12.4 Å². The Kier molecular flexibility index (Phi) is 6.90. The molecule has 10 nitrogen and oxygen atoms in total. The van der Waals surface area contributed by atoms with Crippen LogP contribution in [-0.2, 0) is 24.8 Å². The Morgan fingerprint density at radius 3 is 2.79 bits per heavy atom. The van der Waals surface area contributed by atoms with Crippen molar-refractivity contribution in [2.45, 2.75) is 76.4 Å². The fourth-order valence-corrected chi connectivity index (χ4v) is 4.52. The Bertz CT molecular complexity index is 787. The van der Waals surface area contributed by atoms with Gasteiger partial charge < -0.3 is 20.5 Å². The van der Waals surface area contributed by atoms with Gasteiger partial charge in [0.25, 0.3) is 0 Å². The molecule has 3 rings (SSSR count). The van der Waals surface area contributed by atoms with E-state index in [4.69, 9.17) is 19.5 Å². The third kappa shape index (κ3) is 4.82. The van der Waals surface area contributed by atoms with E-state index in [1.807, 2.05) is 0 Å². The Hall–Kier alpha value is -1.29. The first-order valence-electron chi connectivity index (χ1n) is 9.69. The Labute approximate surface area is 163 Å². The summed E-state index contributed by atoms with van der Waals surface area (Å²) in [4.78, 5) is 25.6. The minimum absolute atomic E-state index is 0.166. The first-order chi connectivity index (χ1) is 13.3. The van der Waals surface area contributed by atoms with E-state index < -0.39 is 38.1 Å². The SMILES string of the molecule is CCCCCCCCc1cn([C@@H]2O[C@@H]3COP(=O)(O)O[C@H]3[C@H]2O)c(=O)nc1N. The average molecular weight is 417 g/mol. The van der Waals surface area contributed by atoms with Crippen molar-refractivity contribution in [2.24, 2.45) is 0 Å². The number of aliphatic hydroxyl groups excluding tert-OH is 1. The van der Waals surface area contributed by atoms with Crippen molar-refractivity contribution in [3.05, 3.63) is 22.2 Å². The number of nitrogens with two attached hydrogens (primary N) is 1. The number of unbranched alkanes of at least 4 members (excludes halogenated alkanes) is 5. The maximum atomic E-state index is 12.3. The maximum Gasteiger partial charge on any atom is 0.472 e. The van der Waals surface area contributed by atoms with Crippen LogP contribution in [0.25, 0.3) is 0 Å². The lowest BCUT2D eigenvalue weighted by Crippen LogP contribution is -2.40. The third-order valence-corrected chi connectivity index (χ3v) is 6.09. The van der Waals surface area contributed by atoms with Gasteiger partial charge in [-0.15, -0.1) is 0 Å². The second-order valence-corrected chi connectivity index (χ2v) is 8.66. The predicted molar refractivity (Wildman–Crippen MR) is 101 cm³/mol. The van der Waals surface area contributed by atoms with Crippen LogP contribution < -0.4 is 11.4 Å². The van der Waals surface area contributed by atoms with Crippen molar-refractivity contribution in [1.82, 2.24) is 9.55 Å². The lowest BCUT2D eigenvalue weighted by Gasteiger charge is -2.27. The number of hydrogen-bond donors (Lipinski definition) is 3. The van der Waals surface area contributed by atoms with Gasteiger partial charge in [-0.1, -0.05) is 39.0 Å². The highest BCUT2D eigenvalue weighted by molar-refractivity contribution is 7.47. The number of phosphoric acid groups is 1. The van der Waals surface area contributed by atoms with Crippen LogP contribution in [0.2, 0.25) is 0 Å². The van der Waals surface area contributed by atoms with Gasteiger partial charge in [0.2, 0.25) is 0 Å². The lowest BCUT2D eigenvalue weighted by atomic mass is 10.1. The Morgan fingerprint density at radius 2 is 2.04 bits per heavy atom. The number of anilines is 1. The first kappa shape index (κ1) is 21.4. The molecule has 3 heterocycles. The van der Waals surface area contributed by atoms with E-state index >= 15 is 0 Å². The van der Waals surface area contributed by atoms with Gasteiger partial charge in [0.15, 0.2) is 6.23 Å². The number of nitrogen functional groups attached to an aromatic ring is 1. The summed E-state index contributed by atoms with van der Waals surface area (Å²) in [6.45, 7) is 1.95. The summed E-state index contributed by atoms with van der Waals surface area (Å²) < 4.78 is 28.0. The van der Waals surface area contributed by atoms with Gasteiger partial charge in [0.1, 0.15) is 24.1 Å². The maximum absolute atomic E-state index is 12.3. The fourth-order valence-electron chi connectivity index (χ4n) is 3.56. The highest BCUT2D eigenvalue weighted by Gasteiger charge is 2.52. The van der Waals surface area contributed by atoms with Gasteiger partial charge >= 0.3 is 13.5 Å². The van der Waals surface area contributed by atoms with Crippen LogP contribution >= 0.6 is 7.82 Å². The van der Waals surface area contributed by atoms with Gasteiger partial charge in [-0.3, -0.25) is 13.6 Å². The molecule has 1 unspecified atom stereocenters. The molecule has 1 aromatic heterocycles. The summed E-state index contributed by atoms with van der Waals surface area (Å²) >= 11 is 0. The zero-order chi connectivity index (χ0) is 20.3. The summed E-state index contributed by atoms with van der Waals surface area (Å²) in [5, 5.41) is 10.5. The van der Waals surface area contributed by atoms with E-state index in [0.29, 0.717) is 12.0 Å². The summed E-state index contributed by atoms with van der Waals surface area (Å²) in [5.74, 6) is 0.166. The molecule has 5 atom stereocenters. The Morgan fingerprint density at radius 1 is 1.32 bits per heavy atom. The highest BCUT2D eigenvalue weighted by Crippen LogP contribution is 2.52. The van der Waals surface area contributed by atoms with Crippen LogP contribution in [0.3, 0.4) is 0 Å². The van der Waals surface area contributed by atoms with Gasteiger partial charge in [-0.25, -0.2) is 9.36 Å². The quantitative estimate of drug-likeness (QED) is 0.423. The predicted octanol–water partition coefficient (Wildman–Crippen LogP) is 1.50. The summed E-state index contributed by atoms with van der Waals surface area (Å²) in [7, 11) is -4.23. The normalized spacial score (nSPS) is 32.4. The van der Waals surface area contributed by atoms with Crippen LogP contribution in [0.4, 0.5) is 5.82 Å². The van der Waals surface area contributed by atoms with E-state index in [2.05, 4.69) is 11.9 Å². The lowest BCUT2D eigenvalue weighted by molar-refractivity contribution is -0.0685. The largest absolute Gasteiger partial charge is 0.472 e. The summed E-state index contributed by atoms with van der Waals surface area (Å²) in [6, 6.07) is 0. The minimum atomic E-state index is -4.23. The smallest absolute Gasteiger partial charge is 0.386 e. The van der Waals surface area contributed by atoms with Crippen LogP contribution in [0, 0.1) is 0 Å². The summed E-state index contributed by atoms with van der Waals surface area (Å²) in [6.07, 6.45) is 4.68. The van der Waals surface area contributed by atoms with Crippen molar-refractivity contribution >= 4 is 13.6 Å². The summed E-state index contributed by atoms with van der Waals surface area (Å²) in [5.41, 5.74) is 5.93. The average Bonchev–Trinajstić information content (AvgIpc) is 2.95. The van der Waals surface area contributed by atoms with Gasteiger partial charge in [0.05, 0.1) is 6.61 Å². The van der Waals surface area contributed by atoms with Crippen molar-refractivity contribution in [3.8, 4) is 0 Å². The Balaban J connectivity index is 1.70. The number of rotatable bonds is 8. The molecule has 0 saturated carbocycles. The molecule has 0 bridgehead atoms. The molecule has 2 aliphatic rings. The molecule has 2 aliphatic heterocycles. The van der Waals surface area contributed by atoms with Gasteiger partial charge in [0, 0.05) is 11.8 Å². The topological polar surface area (TPSA) is 146 Å². The number of aromatic nitrogens is 2. The molecule has 0 aromatic carbocycles. The van der Waals surface area contributed by atoms with E-state index in [9.17, 15) is 19.4 Å². The molecule has 1 aromatic rings. The zero-order valence-corrected chi connectivity index (χ0v) is 16.8. The molecule has 158 valence electrons. The monoisotopic (exact) mass is 417 g/mol. The molecule has 0 spiro atoms. The third-order valence-electron chi connectivity index (χ3n) is 5.10. The molecular weight excluding hydrogens is 389 g/mol. The van der Waals surface area contributed by atoms with Crippen LogP contribution in [0.1, 0.15) is 57.2 Å². The molecule has 2 fully saturated rings. The van der Waals surface area contributed by atoms with Crippen molar-refractivity contribution in [1.29, 1.82) is 0 Å². The molecule has 0 amide bonds. The second kappa shape index (κ2) is 9.02. The van der Waals surface area contributed by atoms with E-state index in [1.54, 1.807) is 6.20 Å². The fraction of sp³-hybridized carbons (Fsp3) is 0.765. The molecule has 0 radical (unpaired) electrons. The van der Waals surface area contributed by atoms with Gasteiger partial charge in [-0.05, 0) is 12.8 Å². The number of hydrogen-bond acceptors (Lipinski definition) is 8. The number of ether oxygens (including phenoxy) is 1. The molecule has 28 heavy (non-hydrogen) atoms. The molecule has 0 aliphatic carbocycles. The minimum Gasteiger partial charge on any atom is -0.386 e. The molecule has 4 N–H and O–H groups in total. The van der Waals surface area contributed by atoms with Crippen molar-refractivity contribution in [3.63, 3.8) is 0 Å². The molecule has 2 saturated heterocycles. The number of aliphatic hydroxyl groups is 1. The van der Waals surface area contributed by atoms with E-state index in [1.165, 1.54) is 19.3 Å². The molecular formula is C17H28N3O7P. The molecule has 11 heteroatoms. The van der Waals surface area contributed by atoms with Crippen LogP contribution in [0.5, 0.6) is 0 Å². The van der Waals surface area contributed by atoms with Crippen LogP contribution in [-0.4, -0.2) is 44.5 Å². The van der Waals surface area contributed by atoms with Crippen molar-refractivity contribution < 1.29 is 28.3 Å². The number of nitrogens with zero attached hydrogens (tertiary/aromatic N) is 2. The van der Waals surface area contributed by atoms with Gasteiger partial charge in [-0.2, -0.15) is 4.98 Å².